The van der Waals surface area contributed by atoms with E-state index in [0.717, 1.165) is 19.4 Å². The second kappa shape index (κ2) is 6.72. The third kappa shape index (κ3) is 3.72. The van der Waals surface area contributed by atoms with Crippen LogP contribution < -0.4 is 9.62 Å². The SMILES string of the molecule is CNCC1CCN(S(=O)(=O)N(C)c2ccc(F)cc2)CC1. The van der Waals surface area contributed by atoms with E-state index >= 15 is 0 Å². The predicted octanol–water partition coefficient (Wildman–Crippen LogP) is 1.44. The number of piperidine rings is 1. The van der Waals surface area contributed by atoms with Crippen LogP contribution in [0.3, 0.4) is 0 Å². The Hall–Kier alpha value is -1.18. The number of nitrogens with one attached hydrogen (secondary N) is 1. The van der Waals surface area contributed by atoms with E-state index in [-0.39, 0.29) is 5.82 Å². The van der Waals surface area contributed by atoms with Crippen molar-refractivity contribution in [3.8, 4) is 0 Å². The first kappa shape index (κ1) is 16.2. The molecule has 0 aliphatic carbocycles. The van der Waals surface area contributed by atoms with Gasteiger partial charge in [0.05, 0.1) is 5.69 Å². The summed E-state index contributed by atoms with van der Waals surface area (Å²) in [5.41, 5.74) is 0.466. The fourth-order valence-corrected chi connectivity index (χ4v) is 4.00. The predicted molar refractivity (Wildman–Crippen MR) is 81.9 cm³/mol. The fourth-order valence-electron chi connectivity index (χ4n) is 2.59. The maximum Gasteiger partial charge on any atom is 0.303 e. The molecule has 5 nitrogen and oxygen atoms in total. The number of hydrogen-bond acceptors (Lipinski definition) is 3. The molecule has 21 heavy (non-hydrogen) atoms. The monoisotopic (exact) mass is 315 g/mol. The van der Waals surface area contributed by atoms with Crippen LogP contribution in [0.25, 0.3) is 0 Å². The van der Waals surface area contributed by atoms with Crippen LogP contribution in [0.4, 0.5) is 10.1 Å². The van der Waals surface area contributed by atoms with E-state index in [2.05, 4.69) is 5.32 Å². The highest BCUT2D eigenvalue weighted by Crippen LogP contribution is 2.24. The Kier molecular flexibility index (Phi) is 5.18. The van der Waals surface area contributed by atoms with E-state index in [4.69, 9.17) is 0 Å². The second-order valence-electron chi connectivity index (χ2n) is 5.35. The quantitative estimate of drug-likeness (QED) is 0.894. The summed E-state index contributed by atoms with van der Waals surface area (Å²) < 4.78 is 40.8. The Morgan fingerprint density at radius 3 is 2.38 bits per heavy atom. The minimum Gasteiger partial charge on any atom is -0.319 e. The first-order valence-corrected chi connectivity index (χ1v) is 8.49. The van der Waals surface area contributed by atoms with Gasteiger partial charge >= 0.3 is 10.2 Å². The van der Waals surface area contributed by atoms with Crippen molar-refractivity contribution in [2.45, 2.75) is 12.8 Å². The van der Waals surface area contributed by atoms with E-state index < -0.39 is 10.2 Å². The minimum absolute atomic E-state index is 0.377. The van der Waals surface area contributed by atoms with Gasteiger partial charge in [0.1, 0.15) is 5.82 Å². The molecule has 0 saturated carbocycles. The topological polar surface area (TPSA) is 52.7 Å². The number of hydrogen-bond donors (Lipinski definition) is 1. The van der Waals surface area contributed by atoms with Crippen molar-refractivity contribution in [2.75, 3.05) is 38.0 Å². The third-order valence-corrected chi connectivity index (χ3v) is 5.85. The molecule has 1 saturated heterocycles. The van der Waals surface area contributed by atoms with Crippen molar-refractivity contribution in [1.29, 1.82) is 0 Å². The number of halogens is 1. The van der Waals surface area contributed by atoms with E-state index in [1.165, 1.54) is 39.9 Å². The van der Waals surface area contributed by atoms with Crippen molar-refractivity contribution >= 4 is 15.9 Å². The number of benzene rings is 1. The van der Waals surface area contributed by atoms with E-state index in [1.54, 1.807) is 0 Å². The van der Waals surface area contributed by atoms with Gasteiger partial charge in [-0.3, -0.25) is 4.31 Å². The molecule has 1 aliphatic heterocycles. The summed E-state index contributed by atoms with van der Waals surface area (Å²) in [6.07, 6.45) is 1.72. The minimum atomic E-state index is -3.54. The molecular formula is C14H22FN3O2S. The summed E-state index contributed by atoms with van der Waals surface area (Å²) in [6, 6.07) is 5.47. The van der Waals surface area contributed by atoms with Crippen LogP contribution in [-0.2, 0) is 10.2 Å². The summed E-state index contributed by atoms with van der Waals surface area (Å²) in [7, 11) is -0.132. The van der Waals surface area contributed by atoms with E-state index in [0.29, 0.717) is 24.7 Å². The molecule has 2 rings (SSSR count). The van der Waals surface area contributed by atoms with Gasteiger partial charge in [0.15, 0.2) is 0 Å². The molecule has 1 fully saturated rings. The van der Waals surface area contributed by atoms with E-state index in [9.17, 15) is 12.8 Å². The highest BCUT2D eigenvalue weighted by molar-refractivity contribution is 7.90. The molecule has 0 amide bonds. The molecule has 7 heteroatoms. The maximum atomic E-state index is 12.9. The average Bonchev–Trinajstić information content (AvgIpc) is 2.48. The average molecular weight is 315 g/mol. The molecule has 0 radical (unpaired) electrons. The summed E-state index contributed by atoms with van der Waals surface area (Å²) in [6.45, 7) is 1.97. The number of rotatable bonds is 5. The van der Waals surface area contributed by atoms with Gasteiger partial charge < -0.3 is 5.32 Å². The Balaban J connectivity index is 2.06. The zero-order chi connectivity index (χ0) is 15.5. The van der Waals surface area contributed by atoms with Crippen LogP contribution in [0.2, 0.25) is 0 Å². The fraction of sp³-hybridized carbons (Fsp3) is 0.571. The van der Waals surface area contributed by atoms with Gasteiger partial charge in [0, 0.05) is 20.1 Å². The standard InChI is InChI=1S/C14H22FN3O2S/c1-16-11-12-7-9-18(10-8-12)21(19,20)17(2)14-5-3-13(15)4-6-14/h3-6,12,16H,7-11H2,1-2H3. The Morgan fingerprint density at radius 1 is 1.29 bits per heavy atom. The normalized spacial score (nSPS) is 17.9. The first-order valence-electron chi connectivity index (χ1n) is 7.09. The molecule has 0 atom stereocenters. The molecule has 1 N–H and O–H groups in total. The zero-order valence-corrected chi connectivity index (χ0v) is 13.2. The molecule has 0 unspecified atom stereocenters. The van der Waals surface area contributed by atoms with Crippen LogP contribution in [-0.4, -0.2) is 46.5 Å². The smallest absolute Gasteiger partial charge is 0.303 e. The molecule has 1 heterocycles. The molecule has 1 aliphatic rings. The lowest BCUT2D eigenvalue weighted by Crippen LogP contribution is -2.46. The van der Waals surface area contributed by atoms with Crippen LogP contribution in [0.15, 0.2) is 24.3 Å². The molecule has 1 aromatic rings. The van der Waals surface area contributed by atoms with Gasteiger partial charge in [-0.25, -0.2) is 4.39 Å². The van der Waals surface area contributed by atoms with Crippen LogP contribution in [0, 0.1) is 11.7 Å². The van der Waals surface area contributed by atoms with Crippen molar-refractivity contribution in [1.82, 2.24) is 9.62 Å². The van der Waals surface area contributed by atoms with Gasteiger partial charge in [-0.2, -0.15) is 12.7 Å². The van der Waals surface area contributed by atoms with Gasteiger partial charge in [-0.05, 0) is 56.6 Å². The lowest BCUT2D eigenvalue weighted by molar-refractivity contribution is 0.270. The molecule has 0 spiro atoms. The first-order chi connectivity index (χ1) is 9.95. The maximum absolute atomic E-state index is 12.9. The molecule has 0 aromatic heterocycles. The Morgan fingerprint density at radius 2 is 1.86 bits per heavy atom. The van der Waals surface area contributed by atoms with Crippen molar-refractivity contribution in [2.24, 2.45) is 5.92 Å². The molecular weight excluding hydrogens is 293 g/mol. The lowest BCUT2D eigenvalue weighted by Gasteiger charge is -2.34. The Labute approximate surface area is 125 Å². The van der Waals surface area contributed by atoms with Gasteiger partial charge in [0.2, 0.25) is 0 Å². The lowest BCUT2D eigenvalue weighted by atomic mass is 9.98. The zero-order valence-electron chi connectivity index (χ0n) is 12.4. The van der Waals surface area contributed by atoms with Crippen LogP contribution in [0.1, 0.15) is 12.8 Å². The van der Waals surface area contributed by atoms with Gasteiger partial charge in [-0.1, -0.05) is 0 Å². The summed E-state index contributed by atoms with van der Waals surface area (Å²) in [5.74, 6) is 0.148. The van der Waals surface area contributed by atoms with Crippen molar-refractivity contribution in [3.05, 3.63) is 30.1 Å². The van der Waals surface area contributed by atoms with Crippen molar-refractivity contribution < 1.29 is 12.8 Å². The third-order valence-electron chi connectivity index (χ3n) is 3.93. The summed E-state index contributed by atoms with van der Waals surface area (Å²) in [4.78, 5) is 0. The highest BCUT2D eigenvalue weighted by Gasteiger charge is 2.31. The van der Waals surface area contributed by atoms with Gasteiger partial charge in [-0.15, -0.1) is 0 Å². The second-order valence-corrected chi connectivity index (χ2v) is 7.31. The van der Waals surface area contributed by atoms with E-state index in [1.807, 2.05) is 7.05 Å². The number of anilines is 1. The summed E-state index contributed by atoms with van der Waals surface area (Å²) in [5, 5.41) is 3.13. The van der Waals surface area contributed by atoms with Crippen molar-refractivity contribution in [3.63, 3.8) is 0 Å². The molecule has 0 bridgehead atoms. The molecule has 118 valence electrons. The van der Waals surface area contributed by atoms with Crippen LogP contribution >= 0.6 is 0 Å². The Bertz CT molecular complexity index is 554. The number of nitrogens with zero attached hydrogens (tertiary/aromatic N) is 2. The largest absolute Gasteiger partial charge is 0.319 e. The van der Waals surface area contributed by atoms with Gasteiger partial charge in [0.25, 0.3) is 0 Å². The van der Waals surface area contributed by atoms with Crippen LogP contribution in [0.5, 0.6) is 0 Å². The molecule has 1 aromatic carbocycles. The summed E-state index contributed by atoms with van der Waals surface area (Å²) >= 11 is 0. The highest BCUT2D eigenvalue weighted by atomic mass is 32.2.